The molecule has 23 heavy (non-hydrogen) atoms. The van der Waals surface area contributed by atoms with Gasteiger partial charge in [-0.3, -0.25) is 10.8 Å². The Balaban J connectivity index is 2.30. The molecule has 0 saturated carbocycles. The molecule has 1 aliphatic rings. The van der Waals surface area contributed by atoms with Crippen LogP contribution in [0.5, 0.6) is 0 Å². The summed E-state index contributed by atoms with van der Waals surface area (Å²) in [7, 11) is 0. The average Bonchev–Trinajstić information content (AvgIpc) is 2.60. The van der Waals surface area contributed by atoms with Crippen molar-refractivity contribution in [1.82, 2.24) is 9.97 Å². The molecule has 1 aromatic heterocycles. The van der Waals surface area contributed by atoms with Crippen molar-refractivity contribution in [2.75, 3.05) is 0 Å². The van der Waals surface area contributed by atoms with Gasteiger partial charge in [0.25, 0.3) is 0 Å². The topological polar surface area (TPSA) is 136 Å². The van der Waals surface area contributed by atoms with Crippen LogP contribution in [0.3, 0.4) is 0 Å². The number of nitriles is 1. The minimum Gasteiger partial charge on any atom is -0.382 e. The van der Waals surface area contributed by atoms with Crippen LogP contribution in [0.2, 0.25) is 0 Å². The van der Waals surface area contributed by atoms with Gasteiger partial charge >= 0.3 is 0 Å². The quantitative estimate of drug-likeness (QED) is 0.776. The van der Waals surface area contributed by atoms with Crippen LogP contribution in [0.1, 0.15) is 16.8 Å². The van der Waals surface area contributed by atoms with Crippen LogP contribution in [-0.4, -0.2) is 27.2 Å². The molecule has 0 radical (unpaired) electrons. The molecular weight excluding hydrogens is 290 g/mol. The number of hydrogen-bond acceptors (Lipinski definition) is 7. The Morgan fingerprint density at radius 2 is 1.96 bits per heavy atom. The van der Waals surface area contributed by atoms with E-state index in [0.717, 1.165) is 0 Å². The van der Waals surface area contributed by atoms with E-state index < -0.39 is 0 Å². The summed E-state index contributed by atoms with van der Waals surface area (Å²) in [6.07, 6.45) is 2.92. The van der Waals surface area contributed by atoms with Crippen molar-refractivity contribution in [2.45, 2.75) is 0 Å². The highest BCUT2D eigenvalue weighted by atomic mass is 14.9. The second-order valence-electron chi connectivity index (χ2n) is 4.76. The summed E-state index contributed by atoms with van der Waals surface area (Å²) in [6, 6.07) is 10.6. The first-order valence-corrected chi connectivity index (χ1v) is 6.65. The third-order valence-electron chi connectivity index (χ3n) is 3.33. The maximum Gasteiger partial charge on any atom is 0.151 e. The third kappa shape index (κ3) is 2.49. The third-order valence-corrected chi connectivity index (χ3v) is 3.33. The van der Waals surface area contributed by atoms with Crippen molar-refractivity contribution >= 4 is 28.5 Å². The van der Waals surface area contributed by atoms with Crippen LogP contribution >= 0.6 is 0 Å². The van der Waals surface area contributed by atoms with E-state index >= 15 is 0 Å². The Hall–Kier alpha value is -3.66. The van der Waals surface area contributed by atoms with Crippen LogP contribution < -0.4 is 5.73 Å². The Labute approximate surface area is 131 Å². The lowest BCUT2D eigenvalue weighted by molar-refractivity contribution is 1.14. The van der Waals surface area contributed by atoms with Crippen molar-refractivity contribution in [1.29, 1.82) is 16.1 Å². The van der Waals surface area contributed by atoms with E-state index in [1.54, 1.807) is 36.5 Å². The normalized spacial score (nSPS) is 14.5. The molecule has 110 valence electrons. The van der Waals surface area contributed by atoms with E-state index in [0.29, 0.717) is 28.1 Å². The Bertz CT molecular complexity index is 917. The molecule has 7 heteroatoms. The van der Waals surface area contributed by atoms with Crippen LogP contribution in [0, 0.1) is 22.1 Å². The van der Waals surface area contributed by atoms with E-state index in [9.17, 15) is 0 Å². The highest BCUT2D eigenvalue weighted by Crippen LogP contribution is 2.30. The van der Waals surface area contributed by atoms with E-state index in [1.807, 2.05) is 0 Å². The maximum absolute atomic E-state index is 9.07. The van der Waals surface area contributed by atoms with Gasteiger partial charge in [0.2, 0.25) is 0 Å². The smallest absolute Gasteiger partial charge is 0.151 e. The van der Waals surface area contributed by atoms with Gasteiger partial charge in [0.1, 0.15) is 12.0 Å². The number of hydrogen-bond donors (Lipinski definition) is 3. The SMILES string of the molecule is N#Cc1cccc(C2=C(c3ccncn3)C(=N)C(=N)C(N)=N2)c1. The average molecular weight is 301 g/mol. The number of allylic oxidation sites excluding steroid dienone is 1. The molecule has 0 unspecified atom stereocenters. The van der Waals surface area contributed by atoms with E-state index in [-0.39, 0.29) is 17.3 Å². The lowest BCUT2D eigenvalue weighted by atomic mass is 9.93. The summed E-state index contributed by atoms with van der Waals surface area (Å²) in [4.78, 5) is 12.3. The molecular formula is C16H11N7. The molecule has 1 aromatic carbocycles. The summed E-state index contributed by atoms with van der Waals surface area (Å²) >= 11 is 0. The molecule has 2 aromatic rings. The Morgan fingerprint density at radius 3 is 2.65 bits per heavy atom. The van der Waals surface area contributed by atoms with Crippen LogP contribution in [0.25, 0.3) is 11.3 Å². The van der Waals surface area contributed by atoms with Gasteiger partial charge in [-0.15, -0.1) is 0 Å². The summed E-state index contributed by atoms with van der Waals surface area (Å²) in [6.45, 7) is 0. The summed E-state index contributed by atoms with van der Waals surface area (Å²) < 4.78 is 0. The summed E-state index contributed by atoms with van der Waals surface area (Å²) in [5.74, 6) is -0.0369. The molecule has 0 spiro atoms. The molecule has 0 atom stereocenters. The van der Waals surface area contributed by atoms with Crippen molar-refractivity contribution in [3.63, 3.8) is 0 Å². The zero-order valence-corrected chi connectivity index (χ0v) is 11.9. The van der Waals surface area contributed by atoms with Crippen LogP contribution in [-0.2, 0) is 0 Å². The zero-order valence-electron chi connectivity index (χ0n) is 11.9. The predicted molar refractivity (Wildman–Crippen MR) is 87.1 cm³/mol. The molecule has 0 saturated heterocycles. The van der Waals surface area contributed by atoms with E-state index in [2.05, 4.69) is 21.0 Å². The molecule has 2 heterocycles. The van der Waals surface area contributed by atoms with Gasteiger partial charge in [0.05, 0.1) is 34.3 Å². The van der Waals surface area contributed by atoms with Gasteiger partial charge in [0.15, 0.2) is 5.84 Å². The van der Waals surface area contributed by atoms with Crippen molar-refractivity contribution in [3.05, 3.63) is 59.7 Å². The maximum atomic E-state index is 9.07. The number of benzene rings is 1. The van der Waals surface area contributed by atoms with Gasteiger partial charge in [-0.2, -0.15) is 5.26 Å². The first-order valence-electron chi connectivity index (χ1n) is 6.65. The van der Waals surface area contributed by atoms with Crippen LogP contribution in [0.4, 0.5) is 0 Å². The van der Waals surface area contributed by atoms with Crippen molar-refractivity contribution < 1.29 is 0 Å². The molecule has 7 nitrogen and oxygen atoms in total. The minimum absolute atomic E-state index is 0.0369. The molecule has 0 bridgehead atoms. The highest BCUT2D eigenvalue weighted by Gasteiger charge is 2.26. The standard InChI is InChI=1S/C16H11N7/c17-7-9-2-1-3-10(6-9)15-12(11-4-5-21-8-22-11)13(18)14(19)16(20)23-15/h1-6,8,18-19H,(H2,20,23). The first kappa shape index (κ1) is 14.3. The van der Waals surface area contributed by atoms with Gasteiger partial charge in [-0.1, -0.05) is 12.1 Å². The fourth-order valence-electron chi connectivity index (χ4n) is 2.24. The first-order chi connectivity index (χ1) is 11.1. The monoisotopic (exact) mass is 301 g/mol. The molecule has 1 aliphatic heterocycles. The number of aromatic nitrogens is 2. The second kappa shape index (κ2) is 5.61. The summed E-state index contributed by atoms with van der Waals surface area (Å²) in [5, 5.41) is 25.2. The van der Waals surface area contributed by atoms with Crippen molar-refractivity contribution in [3.8, 4) is 6.07 Å². The number of aliphatic imine (C=N–C) groups is 1. The molecule has 0 aliphatic carbocycles. The molecule has 0 amide bonds. The van der Waals surface area contributed by atoms with Crippen molar-refractivity contribution in [2.24, 2.45) is 10.7 Å². The number of rotatable bonds is 2. The number of nitrogens with zero attached hydrogens (tertiary/aromatic N) is 4. The fraction of sp³-hybridized carbons (Fsp3) is 0. The minimum atomic E-state index is -0.154. The number of nitrogens with two attached hydrogens (primary N) is 1. The second-order valence-corrected chi connectivity index (χ2v) is 4.76. The highest BCUT2D eigenvalue weighted by molar-refractivity contribution is 6.77. The predicted octanol–water partition coefficient (Wildman–Crippen LogP) is 1.63. The zero-order chi connectivity index (χ0) is 16.4. The molecule has 3 rings (SSSR count). The van der Waals surface area contributed by atoms with Crippen LogP contribution in [0.15, 0.2) is 47.8 Å². The number of nitrogens with one attached hydrogen (secondary N) is 2. The molecule has 4 N–H and O–H groups in total. The van der Waals surface area contributed by atoms with Gasteiger partial charge < -0.3 is 5.73 Å². The Kier molecular flexibility index (Phi) is 3.49. The lowest BCUT2D eigenvalue weighted by Gasteiger charge is -2.19. The lowest BCUT2D eigenvalue weighted by Crippen LogP contribution is -2.34. The number of amidine groups is 1. The van der Waals surface area contributed by atoms with Gasteiger partial charge in [-0.05, 0) is 18.2 Å². The summed E-state index contributed by atoms with van der Waals surface area (Å²) in [5.41, 5.74) is 7.93. The largest absolute Gasteiger partial charge is 0.382 e. The van der Waals surface area contributed by atoms with E-state index in [4.69, 9.17) is 21.8 Å². The van der Waals surface area contributed by atoms with Gasteiger partial charge in [0, 0.05) is 11.8 Å². The fourth-order valence-corrected chi connectivity index (χ4v) is 2.24. The Morgan fingerprint density at radius 1 is 1.13 bits per heavy atom. The van der Waals surface area contributed by atoms with E-state index in [1.165, 1.54) is 6.33 Å². The van der Waals surface area contributed by atoms with Gasteiger partial charge in [-0.25, -0.2) is 15.0 Å². The molecule has 0 fully saturated rings.